The maximum Gasteiger partial charge on any atom is 0.123 e. The number of halogens is 1. The zero-order valence-electron chi connectivity index (χ0n) is 12.8. The highest BCUT2D eigenvalue weighted by molar-refractivity contribution is 5.22. The van der Waals surface area contributed by atoms with Gasteiger partial charge in [0.2, 0.25) is 0 Å². The van der Waals surface area contributed by atoms with Crippen molar-refractivity contribution in [2.75, 3.05) is 13.1 Å². The molecule has 1 fully saturated rings. The molecule has 1 aliphatic heterocycles. The van der Waals surface area contributed by atoms with Crippen LogP contribution in [0.2, 0.25) is 0 Å². The molecule has 4 heteroatoms. The van der Waals surface area contributed by atoms with E-state index in [2.05, 4.69) is 25.7 Å². The summed E-state index contributed by atoms with van der Waals surface area (Å²) in [6.45, 7) is 9.93. The van der Waals surface area contributed by atoms with Crippen molar-refractivity contribution in [3.05, 3.63) is 35.6 Å². The van der Waals surface area contributed by atoms with Crippen molar-refractivity contribution in [3.63, 3.8) is 0 Å². The third-order valence-electron chi connectivity index (χ3n) is 3.70. The van der Waals surface area contributed by atoms with Gasteiger partial charge in [0.1, 0.15) is 5.82 Å². The Morgan fingerprint density at radius 1 is 1.35 bits per heavy atom. The van der Waals surface area contributed by atoms with E-state index in [9.17, 15) is 4.39 Å². The normalized spacial score (nSPS) is 26.2. The SMILES string of the molecule is CC1CN(C(c2ccc(F)cc2)C(C)N)CC(C)(C)O1. The Morgan fingerprint density at radius 3 is 2.45 bits per heavy atom. The Labute approximate surface area is 120 Å². The van der Waals surface area contributed by atoms with Crippen molar-refractivity contribution in [1.29, 1.82) is 0 Å². The molecule has 1 saturated heterocycles. The summed E-state index contributed by atoms with van der Waals surface area (Å²) in [5.41, 5.74) is 7.07. The lowest BCUT2D eigenvalue weighted by atomic mass is 9.95. The van der Waals surface area contributed by atoms with Crippen LogP contribution in [0, 0.1) is 5.82 Å². The van der Waals surface area contributed by atoms with Gasteiger partial charge >= 0.3 is 0 Å². The van der Waals surface area contributed by atoms with Gasteiger partial charge in [0.15, 0.2) is 0 Å². The van der Waals surface area contributed by atoms with E-state index >= 15 is 0 Å². The fourth-order valence-electron chi connectivity index (χ4n) is 3.22. The van der Waals surface area contributed by atoms with Crippen LogP contribution in [0.4, 0.5) is 4.39 Å². The number of hydrogen-bond acceptors (Lipinski definition) is 3. The molecule has 1 aromatic rings. The standard InChI is InChI=1S/C16H25FN2O/c1-11-9-19(10-16(3,4)20-11)15(12(2)18)13-5-7-14(17)8-6-13/h5-8,11-12,15H,9-10,18H2,1-4H3. The second kappa shape index (κ2) is 5.80. The lowest BCUT2D eigenvalue weighted by Gasteiger charge is -2.46. The Balaban J connectivity index is 2.26. The number of hydrogen-bond donors (Lipinski definition) is 1. The van der Waals surface area contributed by atoms with Crippen molar-refractivity contribution in [1.82, 2.24) is 4.90 Å². The van der Waals surface area contributed by atoms with Crippen LogP contribution < -0.4 is 5.73 Å². The summed E-state index contributed by atoms with van der Waals surface area (Å²) >= 11 is 0. The summed E-state index contributed by atoms with van der Waals surface area (Å²) in [6, 6.07) is 6.72. The van der Waals surface area contributed by atoms with Crippen LogP contribution in [0.3, 0.4) is 0 Å². The van der Waals surface area contributed by atoms with Gasteiger partial charge in [-0.1, -0.05) is 12.1 Å². The first-order chi connectivity index (χ1) is 9.28. The van der Waals surface area contributed by atoms with E-state index in [0.717, 1.165) is 18.7 Å². The molecule has 1 aliphatic rings. The maximum absolute atomic E-state index is 13.1. The number of morpholine rings is 1. The van der Waals surface area contributed by atoms with E-state index in [-0.39, 0.29) is 29.6 Å². The first-order valence-corrected chi connectivity index (χ1v) is 7.21. The molecular formula is C16H25FN2O. The minimum Gasteiger partial charge on any atom is -0.370 e. The third-order valence-corrected chi connectivity index (χ3v) is 3.70. The largest absolute Gasteiger partial charge is 0.370 e. The van der Waals surface area contributed by atoms with E-state index in [0.29, 0.717) is 0 Å². The van der Waals surface area contributed by atoms with Crippen molar-refractivity contribution < 1.29 is 9.13 Å². The van der Waals surface area contributed by atoms with Crippen LogP contribution in [-0.4, -0.2) is 35.7 Å². The molecule has 2 rings (SSSR count). The minimum absolute atomic E-state index is 0.0263. The molecule has 3 atom stereocenters. The maximum atomic E-state index is 13.1. The van der Waals surface area contributed by atoms with Crippen LogP contribution in [0.15, 0.2) is 24.3 Å². The molecule has 0 radical (unpaired) electrons. The number of ether oxygens (including phenoxy) is 1. The van der Waals surface area contributed by atoms with Crippen molar-refractivity contribution in [3.8, 4) is 0 Å². The minimum atomic E-state index is -0.215. The lowest BCUT2D eigenvalue weighted by molar-refractivity contribution is -0.139. The number of nitrogens with two attached hydrogens (primary N) is 1. The monoisotopic (exact) mass is 280 g/mol. The molecule has 3 unspecified atom stereocenters. The number of nitrogens with zero attached hydrogens (tertiary/aromatic N) is 1. The predicted octanol–water partition coefficient (Wildman–Crippen LogP) is 2.71. The van der Waals surface area contributed by atoms with Gasteiger partial charge in [-0.25, -0.2) is 4.39 Å². The zero-order valence-corrected chi connectivity index (χ0v) is 12.8. The molecule has 0 saturated carbocycles. The van der Waals surface area contributed by atoms with Crippen molar-refractivity contribution in [2.24, 2.45) is 5.73 Å². The quantitative estimate of drug-likeness (QED) is 0.925. The van der Waals surface area contributed by atoms with E-state index in [1.165, 1.54) is 12.1 Å². The van der Waals surface area contributed by atoms with Crippen molar-refractivity contribution >= 4 is 0 Å². The molecule has 112 valence electrons. The van der Waals surface area contributed by atoms with Crippen LogP contribution in [-0.2, 0) is 4.74 Å². The highest BCUT2D eigenvalue weighted by Gasteiger charge is 2.36. The van der Waals surface area contributed by atoms with Gasteiger partial charge in [0.25, 0.3) is 0 Å². The Hall–Kier alpha value is -0.970. The van der Waals surface area contributed by atoms with Crippen LogP contribution >= 0.6 is 0 Å². The third kappa shape index (κ3) is 3.57. The Kier molecular flexibility index (Phi) is 4.47. The molecule has 1 heterocycles. The molecule has 0 amide bonds. The Bertz CT molecular complexity index is 444. The molecule has 0 bridgehead atoms. The predicted molar refractivity (Wildman–Crippen MR) is 79.0 cm³/mol. The fraction of sp³-hybridized carbons (Fsp3) is 0.625. The first-order valence-electron chi connectivity index (χ1n) is 7.21. The van der Waals surface area contributed by atoms with Gasteiger partial charge in [-0.15, -0.1) is 0 Å². The van der Waals surface area contributed by atoms with Gasteiger partial charge < -0.3 is 10.5 Å². The summed E-state index contributed by atoms with van der Waals surface area (Å²) in [6.07, 6.45) is 0.167. The van der Waals surface area contributed by atoms with Crippen molar-refractivity contribution in [2.45, 2.75) is 51.5 Å². The van der Waals surface area contributed by atoms with E-state index in [1.807, 2.05) is 19.1 Å². The van der Waals surface area contributed by atoms with Gasteiger partial charge in [-0.3, -0.25) is 4.90 Å². The highest BCUT2D eigenvalue weighted by Crippen LogP contribution is 2.30. The topological polar surface area (TPSA) is 38.5 Å². The van der Waals surface area contributed by atoms with Gasteiger partial charge in [-0.2, -0.15) is 0 Å². The average molecular weight is 280 g/mol. The summed E-state index contributed by atoms with van der Waals surface area (Å²) in [5.74, 6) is -0.215. The number of benzene rings is 1. The first kappa shape index (κ1) is 15.4. The van der Waals surface area contributed by atoms with E-state index in [4.69, 9.17) is 10.5 Å². The van der Waals surface area contributed by atoms with Crippen LogP contribution in [0.5, 0.6) is 0 Å². The molecule has 20 heavy (non-hydrogen) atoms. The van der Waals surface area contributed by atoms with Gasteiger partial charge in [0.05, 0.1) is 11.7 Å². The lowest BCUT2D eigenvalue weighted by Crippen LogP contribution is -2.55. The molecular weight excluding hydrogens is 255 g/mol. The molecule has 0 aliphatic carbocycles. The van der Waals surface area contributed by atoms with E-state index < -0.39 is 0 Å². The average Bonchev–Trinajstić information content (AvgIpc) is 2.28. The molecule has 0 aromatic heterocycles. The molecule has 3 nitrogen and oxygen atoms in total. The smallest absolute Gasteiger partial charge is 0.123 e. The number of rotatable bonds is 3. The molecule has 1 aromatic carbocycles. The zero-order chi connectivity index (χ0) is 14.9. The van der Waals surface area contributed by atoms with Gasteiger partial charge in [0, 0.05) is 25.2 Å². The molecule has 2 N–H and O–H groups in total. The second-order valence-corrected chi connectivity index (χ2v) is 6.47. The summed E-state index contributed by atoms with van der Waals surface area (Å²) < 4.78 is 19.1. The fourth-order valence-corrected chi connectivity index (χ4v) is 3.22. The molecule has 0 spiro atoms. The highest BCUT2D eigenvalue weighted by atomic mass is 19.1. The summed E-state index contributed by atoms with van der Waals surface area (Å²) in [4.78, 5) is 2.35. The van der Waals surface area contributed by atoms with Crippen LogP contribution in [0.25, 0.3) is 0 Å². The summed E-state index contributed by atoms with van der Waals surface area (Å²) in [7, 11) is 0. The van der Waals surface area contributed by atoms with E-state index in [1.54, 1.807) is 0 Å². The second-order valence-electron chi connectivity index (χ2n) is 6.47. The van der Waals surface area contributed by atoms with Gasteiger partial charge in [-0.05, 0) is 45.4 Å². The Morgan fingerprint density at radius 2 is 1.95 bits per heavy atom. The summed E-state index contributed by atoms with van der Waals surface area (Å²) in [5, 5.41) is 0. The van der Waals surface area contributed by atoms with Crippen LogP contribution in [0.1, 0.15) is 39.3 Å².